The van der Waals surface area contributed by atoms with Crippen LogP contribution in [0, 0.1) is 0 Å². The normalized spacial score (nSPS) is 18.1. The van der Waals surface area contributed by atoms with Gasteiger partial charge in [-0.2, -0.15) is 0 Å². The number of hydrogen-bond donors (Lipinski definition) is 2. The maximum atomic E-state index is 12.3. The van der Waals surface area contributed by atoms with Crippen LogP contribution in [0.2, 0.25) is 0 Å². The average Bonchev–Trinajstić information content (AvgIpc) is 2.51. The van der Waals surface area contributed by atoms with E-state index < -0.39 is 0 Å². The molecule has 1 fully saturated rings. The first-order valence-electron chi connectivity index (χ1n) is 7.68. The van der Waals surface area contributed by atoms with Gasteiger partial charge in [-0.25, -0.2) is 0 Å². The van der Waals surface area contributed by atoms with Crippen molar-refractivity contribution in [2.75, 3.05) is 25.1 Å². The first-order chi connectivity index (χ1) is 10.2. The third-order valence-corrected chi connectivity index (χ3v) is 3.45. The summed E-state index contributed by atoms with van der Waals surface area (Å²) in [6.45, 7) is 5.89. The Morgan fingerprint density at radius 1 is 1.29 bits per heavy atom. The van der Waals surface area contributed by atoms with Crippen LogP contribution in [0.5, 0.6) is 11.5 Å². The molecule has 0 aliphatic carbocycles. The van der Waals surface area contributed by atoms with Crippen molar-refractivity contribution in [2.24, 2.45) is 0 Å². The maximum Gasteiger partial charge on any atom is 0.241 e. The van der Waals surface area contributed by atoms with Crippen molar-refractivity contribution < 1.29 is 14.3 Å². The Morgan fingerprint density at radius 3 is 2.76 bits per heavy atom. The minimum absolute atomic E-state index is 0.00991. The molecule has 1 aromatic rings. The number of hydrogen-bond acceptors (Lipinski definition) is 4. The fourth-order valence-corrected chi connectivity index (χ4v) is 2.44. The summed E-state index contributed by atoms with van der Waals surface area (Å²) in [5.74, 6) is 1.39. The second-order valence-corrected chi connectivity index (χ2v) is 5.02. The van der Waals surface area contributed by atoms with Crippen LogP contribution >= 0.6 is 0 Å². The van der Waals surface area contributed by atoms with Gasteiger partial charge in [0.2, 0.25) is 5.91 Å². The van der Waals surface area contributed by atoms with Gasteiger partial charge in [0.15, 0.2) is 0 Å². The molecule has 0 saturated carbocycles. The number of carbonyl (C=O) groups excluding carboxylic acids is 1. The maximum absolute atomic E-state index is 12.3. The highest BCUT2D eigenvalue weighted by molar-refractivity contribution is 5.96. The van der Waals surface area contributed by atoms with E-state index in [0.717, 1.165) is 31.6 Å². The number of anilines is 1. The Labute approximate surface area is 126 Å². The van der Waals surface area contributed by atoms with E-state index >= 15 is 0 Å². The number of amides is 1. The summed E-state index contributed by atoms with van der Waals surface area (Å²) < 4.78 is 11.1. The van der Waals surface area contributed by atoms with Gasteiger partial charge in [-0.1, -0.05) is 6.42 Å². The van der Waals surface area contributed by atoms with Crippen LogP contribution in [0.4, 0.5) is 5.69 Å². The molecule has 0 spiro atoms. The van der Waals surface area contributed by atoms with E-state index in [2.05, 4.69) is 10.6 Å². The Balaban J connectivity index is 2.11. The van der Waals surface area contributed by atoms with Crippen molar-refractivity contribution in [1.82, 2.24) is 5.32 Å². The molecule has 5 nitrogen and oxygen atoms in total. The lowest BCUT2D eigenvalue weighted by Crippen LogP contribution is -2.43. The molecule has 116 valence electrons. The monoisotopic (exact) mass is 292 g/mol. The zero-order chi connectivity index (χ0) is 15.1. The topological polar surface area (TPSA) is 59.6 Å². The number of benzene rings is 1. The van der Waals surface area contributed by atoms with Crippen LogP contribution in [0.25, 0.3) is 0 Å². The molecule has 0 radical (unpaired) electrons. The van der Waals surface area contributed by atoms with Crippen LogP contribution in [0.1, 0.15) is 33.1 Å². The van der Waals surface area contributed by atoms with E-state index in [1.165, 1.54) is 0 Å². The van der Waals surface area contributed by atoms with Crippen molar-refractivity contribution in [3.05, 3.63) is 18.2 Å². The number of piperidine rings is 1. The third kappa shape index (κ3) is 4.36. The Kier molecular flexibility index (Phi) is 5.87. The number of carbonyl (C=O) groups is 1. The molecule has 1 aromatic carbocycles. The van der Waals surface area contributed by atoms with E-state index in [4.69, 9.17) is 9.47 Å². The van der Waals surface area contributed by atoms with Gasteiger partial charge < -0.3 is 20.1 Å². The van der Waals surface area contributed by atoms with E-state index in [1.807, 2.05) is 32.0 Å². The second kappa shape index (κ2) is 7.88. The van der Waals surface area contributed by atoms with Crippen LogP contribution < -0.4 is 20.1 Å². The molecule has 5 heteroatoms. The number of rotatable bonds is 6. The second-order valence-electron chi connectivity index (χ2n) is 5.02. The van der Waals surface area contributed by atoms with Gasteiger partial charge >= 0.3 is 0 Å². The minimum Gasteiger partial charge on any atom is -0.494 e. The first-order valence-corrected chi connectivity index (χ1v) is 7.68. The predicted molar refractivity (Wildman–Crippen MR) is 83.1 cm³/mol. The standard InChI is InChI=1S/C16H24N2O3/c1-3-20-12-8-9-15(21-4-2)14(11-12)18-16(19)13-7-5-6-10-17-13/h8-9,11,13,17H,3-7,10H2,1-2H3,(H,18,19)/t13-/m1/s1. The zero-order valence-corrected chi connectivity index (χ0v) is 12.8. The van der Waals surface area contributed by atoms with E-state index in [9.17, 15) is 4.79 Å². The molecule has 0 unspecified atom stereocenters. The van der Waals surface area contributed by atoms with Gasteiger partial charge in [-0.05, 0) is 45.4 Å². The van der Waals surface area contributed by atoms with Crippen molar-refractivity contribution >= 4 is 11.6 Å². The molecule has 0 bridgehead atoms. The number of nitrogens with one attached hydrogen (secondary N) is 2. The quantitative estimate of drug-likeness (QED) is 0.846. The van der Waals surface area contributed by atoms with Crippen LogP contribution in [-0.2, 0) is 4.79 Å². The van der Waals surface area contributed by atoms with Crippen molar-refractivity contribution in [1.29, 1.82) is 0 Å². The molecular formula is C16H24N2O3. The SMILES string of the molecule is CCOc1ccc(OCC)c(NC(=O)[C@H]2CCCCN2)c1. The first kappa shape index (κ1) is 15.6. The van der Waals surface area contributed by atoms with Gasteiger partial charge in [0.1, 0.15) is 11.5 Å². The van der Waals surface area contributed by atoms with Gasteiger partial charge in [-0.3, -0.25) is 4.79 Å². The molecule has 1 aliphatic rings. The molecule has 1 heterocycles. The summed E-state index contributed by atoms with van der Waals surface area (Å²) >= 11 is 0. The summed E-state index contributed by atoms with van der Waals surface area (Å²) in [6, 6.07) is 5.38. The molecule has 1 amide bonds. The van der Waals surface area contributed by atoms with Crippen LogP contribution in [0.3, 0.4) is 0 Å². The fraction of sp³-hybridized carbons (Fsp3) is 0.562. The van der Waals surface area contributed by atoms with E-state index in [-0.39, 0.29) is 11.9 Å². The molecule has 2 N–H and O–H groups in total. The highest BCUT2D eigenvalue weighted by Gasteiger charge is 2.21. The molecule has 1 atom stereocenters. The molecule has 2 rings (SSSR count). The summed E-state index contributed by atoms with van der Waals surface area (Å²) in [7, 11) is 0. The predicted octanol–water partition coefficient (Wildman–Crippen LogP) is 2.56. The average molecular weight is 292 g/mol. The smallest absolute Gasteiger partial charge is 0.241 e. The lowest BCUT2D eigenvalue weighted by Gasteiger charge is -2.23. The summed E-state index contributed by atoms with van der Waals surface area (Å²) in [6.07, 6.45) is 3.09. The minimum atomic E-state index is -0.121. The molecule has 1 saturated heterocycles. The summed E-state index contributed by atoms with van der Waals surface area (Å²) in [5, 5.41) is 6.20. The summed E-state index contributed by atoms with van der Waals surface area (Å²) in [5.41, 5.74) is 0.667. The van der Waals surface area contributed by atoms with Gasteiger partial charge in [-0.15, -0.1) is 0 Å². The highest BCUT2D eigenvalue weighted by atomic mass is 16.5. The lowest BCUT2D eigenvalue weighted by atomic mass is 10.0. The summed E-state index contributed by atoms with van der Waals surface area (Å²) in [4.78, 5) is 12.3. The van der Waals surface area contributed by atoms with E-state index in [0.29, 0.717) is 24.7 Å². The fourth-order valence-electron chi connectivity index (χ4n) is 2.44. The Morgan fingerprint density at radius 2 is 2.10 bits per heavy atom. The van der Waals surface area contributed by atoms with Crippen LogP contribution in [0.15, 0.2) is 18.2 Å². The molecule has 21 heavy (non-hydrogen) atoms. The zero-order valence-electron chi connectivity index (χ0n) is 12.8. The molecule has 1 aliphatic heterocycles. The van der Waals surface area contributed by atoms with Gasteiger partial charge in [0.05, 0.1) is 24.9 Å². The lowest BCUT2D eigenvalue weighted by molar-refractivity contribution is -0.118. The van der Waals surface area contributed by atoms with Crippen molar-refractivity contribution in [3.63, 3.8) is 0 Å². The van der Waals surface area contributed by atoms with Crippen molar-refractivity contribution in [3.8, 4) is 11.5 Å². The largest absolute Gasteiger partial charge is 0.494 e. The Bertz CT molecular complexity index is 471. The molecular weight excluding hydrogens is 268 g/mol. The Hall–Kier alpha value is -1.75. The van der Waals surface area contributed by atoms with Crippen LogP contribution in [-0.4, -0.2) is 31.7 Å². The molecule has 0 aromatic heterocycles. The van der Waals surface area contributed by atoms with Gasteiger partial charge in [0.25, 0.3) is 0 Å². The third-order valence-electron chi connectivity index (χ3n) is 3.45. The van der Waals surface area contributed by atoms with E-state index in [1.54, 1.807) is 0 Å². The highest BCUT2D eigenvalue weighted by Crippen LogP contribution is 2.29. The van der Waals surface area contributed by atoms with Crippen molar-refractivity contribution in [2.45, 2.75) is 39.2 Å². The number of ether oxygens (including phenoxy) is 2. The van der Waals surface area contributed by atoms with Gasteiger partial charge in [0, 0.05) is 6.07 Å².